The molecule has 2 unspecified atom stereocenters. The number of hydrogen-bond donors (Lipinski definition) is 1. The van der Waals surface area contributed by atoms with E-state index < -0.39 is 17.7 Å². The molecule has 7 heteroatoms. The van der Waals surface area contributed by atoms with Gasteiger partial charge in [0.25, 0.3) is 0 Å². The van der Waals surface area contributed by atoms with Crippen LogP contribution >= 0.6 is 0 Å². The van der Waals surface area contributed by atoms with E-state index in [1.54, 1.807) is 18.9 Å². The summed E-state index contributed by atoms with van der Waals surface area (Å²) in [6.07, 6.45) is 0.868. The molecule has 0 bridgehead atoms. The lowest BCUT2D eigenvalue weighted by molar-refractivity contribution is 0.0445. The normalized spacial score (nSPS) is 21.2. The van der Waals surface area contributed by atoms with Gasteiger partial charge in [-0.1, -0.05) is 19.9 Å². The minimum atomic E-state index is -1.05. The van der Waals surface area contributed by atoms with Gasteiger partial charge in [0.15, 0.2) is 11.6 Å². The second-order valence-electron chi connectivity index (χ2n) is 7.80. The highest BCUT2D eigenvalue weighted by atomic mass is 19.2. The fraction of sp³-hybridized carbons (Fsp3) is 0.632. The van der Waals surface area contributed by atoms with E-state index in [1.807, 2.05) is 0 Å². The zero-order valence-corrected chi connectivity index (χ0v) is 16.4. The van der Waals surface area contributed by atoms with Crippen LogP contribution in [0.15, 0.2) is 12.1 Å². The quantitative estimate of drug-likeness (QED) is 0.885. The molecule has 2 amide bonds. The van der Waals surface area contributed by atoms with Crippen LogP contribution < -0.4 is 10.1 Å². The predicted octanol–water partition coefficient (Wildman–Crippen LogP) is 3.41. The van der Waals surface area contributed by atoms with E-state index in [-0.39, 0.29) is 28.8 Å². The zero-order valence-electron chi connectivity index (χ0n) is 16.4. The Morgan fingerprint density at radius 2 is 2.04 bits per heavy atom. The van der Waals surface area contributed by atoms with Crippen molar-refractivity contribution in [3.05, 3.63) is 29.3 Å². The van der Waals surface area contributed by atoms with E-state index in [0.717, 1.165) is 19.5 Å². The van der Waals surface area contributed by atoms with E-state index in [4.69, 9.17) is 4.74 Å². The molecule has 1 aromatic carbocycles. The third kappa shape index (κ3) is 4.09. The van der Waals surface area contributed by atoms with E-state index in [0.29, 0.717) is 0 Å². The van der Waals surface area contributed by atoms with Crippen molar-refractivity contribution in [1.29, 1.82) is 0 Å². The predicted molar refractivity (Wildman–Crippen MR) is 97.3 cm³/mol. The van der Waals surface area contributed by atoms with Gasteiger partial charge in [-0.2, -0.15) is 4.39 Å². The number of hydrogen-bond acceptors (Lipinski definition) is 3. The van der Waals surface area contributed by atoms with E-state index in [9.17, 15) is 13.6 Å². The van der Waals surface area contributed by atoms with Gasteiger partial charge in [0.2, 0.25) is 5.82 Å². The van der Waals surface area contributed by atoms with Gasteiger partial charge in [-0.05, 0) is 38.4 Å². The maximum absolute atomic E-state index is 14.2. The van der Waals surface area contributed by atoms with Gasteiger partial charge in [-0.3, -0.25) is 0 Å². The van der Waals surface area contributed by atoms with Crippen molar-refractivity contribution in [2.24, 2.45) is 5.41 Å². The molecular weight excluding hydrogens is 340 g/mol. The number of carbonyl (C=O) groups excluding carboxylic acids is 1. The first-order valence-electron chi connectivity index (χ1n) is 8.82. The first kappa shape index (κ1) is 20.4. The Labute approximate surface area is 154 Å². The van der Waals surface area contributed by atoms with Crippen molar-refractivity contribution in [3.8, 4) is 5.75 Å². The molecule has 0 saturated carbocycles. The van der Waals surface area contributed by atoms with Gasteiger partial charge < -0.3 is 19.9 Å². The number of urea groups is 1. The molecule has 1 aromatic rings. The number of piperidine rings is 1. The van der Waals surface area contributed by atoms with Crippen molar-refractivity contribution in [3.63, 3.8) is 0 Å². The Bertz CT molecular complexity index is 666. The van der Waals surface area contributed by atoms with E-state index in [1.165, 1.54) is 19.2 Å². The number of nitrogens with one attached hydrogen (secondary N) is 1. The Balaban J connectivity index is 2.10. The summed E-state index contributed by atoms with van der Waals surface area (Å²) in [7, 11) is 5.10. The van der Waals surface area contributed by atoms with Gasteiger partial charge in [-0.15, -0.1) is 0 Å². The second-order valence-corrected chi connectivity index (χ2v) is 7.80. The van der Waals surface area contributed by atoms with Crippen LogP contribution in [-0.4, -0.2) is 56.2 Å². The maximum atomic E-state index is 14.2. The molecule has 1 N–H and O–H groups in total. The number of benzene rings is 1. The smallest absolute Gasteiger partial charge is 0.317 e. The molecule has 2 rings (SSSR count). The molecule has 0 aromatic heterocycles. The molecular formula is C19H29F2N3O2. The van der Waals surface area contributed by atoms with Gasteiger partial charge in [0.05, 0.1) is 13.2 Å². The third-order valence-corrected chi connectivity index (χ3v) is 5.25. The Hall–Kier alpha value is -1.89. The number of rotatable bonds is 4. The lowest BCUT2D eigenvalue weighted by Gasteiger charge is -2.47. The summed E-state index contributed by atoms with van der Waals surface area (Å²) in [4.78, 5) is 16.6. The summed E-state index contributed by atoms with van der Waals surface area (Å²) in [5, 5.41) is 2.77. The number of carbonyl (C=O) groups is 1. The van der Waals surface area contributed by atoms with Crippen molar-refractivity contribution in [1.82, 2.24) is 15.1 Å². The second kappa shape index (κ2) is 7.78. The molecule has 0 radical (unpaired) electrons. The molecule has 1 aliphatic rings. The molecule has 1 heterocycles. The number of ether oxygens (including phenoxy) is 1. The van der Waals surface area contributed by atoms with Crippen LogP contribution in [0.5, 0.6) is 5.75 Å². The largest absolute Gasteiger partial charge is 0.494 e. The highest BCUT2D eigenvalue weighted by Crippen LogP contribution is 2.32. The highest BCUT2D eigenvalue weighted by molar-refractivity contribution is 5.75. The average Bonchev–Trinajstić information content (AvgIpc) is 2.55. The minimum Gasteiger partial charge on any atom is -0.494 e. The fourth-order valence-corrected chi connectivity index (χ4v) is 3.88. The van der Waals surface area contributed by atoms with Crippen LogP contribution in [0.1, 0.15) is 38.8 Å². The van der Waals surface area contributed by atoms with Crippen molar-refractivity contribution < 1.29 is 18.3 Å². The SMILES string of the molecule is COc1ccc(C(C)NC(=O)N(C)C2CCN(C)CC2(C)C)c(F)c1F. The monoisotopic (exact) mass is 369 g/mol. The molecule has 0 spiro atoms. The summed E-state index contributed by atoms with van der Waals surface area (Å²) in [5.41, 5.74) is 0.0347. The summed E-state index contributed by atoms with van der Waals surface area (Å²) in [6, 6.07) is 1.90. The Kier molecular flexibility index (Phi) is 6.11. The van der Waals surface area contributed by atoms with Gasteiger partial charge in [0.1, 0.15) is 0 Å². The first-order valence-corrected chi connectivity index (χ1v) is 8.82. The number of methoxy groups -OCH3 is 1. The summed E-state index contributed by atoms with van der Waals surface area (Å²) < 4.78 is 32.9. The summed E-state index contributed by atoms with van der Waals surface area (Å²) in [5.74, 6) is -2.20. The number of amides is 2. The lowest BCUT2D eigenvalue weighted by atomic mass is 9.78. The highest BCUT2D eigenvalue weighted by Gasteiger charge is 2.39. The molecule has 5 nitrogen and oxygen atoms in total. The molecule has 2 atom stereocenters. The fourth-order valence-electron chi connectivity index (χ4n) is 3.88. The number of likely N-dealkylation sites (tertiary alicyclic amines) is 1. The molecule has 1 saturated heterocycles. The van der Waals surface area contributed by atoms with Gasteiger partial charge in [-0.25, -0.2) is 9.18 Å². The first-order chi connectivity index (χ1) is 12.1. The van der Waals surface area contributed by atoms with Gasteiger partial charge >= 0.3 is 6.03 Å². The topological polar surface area (TPSA) is 44.8 Å². The van der Waals surface area contributed by atoms with Crippen LogP contribution in [-0.2, 0) is 0 Å². The van der Waals surface area contributed by atoms with E-state index in [2.05, 4.69) is 31.1 Å². The lowest BCUT2D eigenvalue weighted by Crippen LogP contribution is -2.57. The average molecular weight is 369 g/mol. The Morgan fingerprint density at radius 1 is 1.38 bits per heavy atom. The van der Waals surface area contributed by atoms with Crippen molar-refractivity contribution in [2.75, 3.05) is 34.3 Å². The standard InChI is InChI=1S/C19H29F2N3O2/c1-12(13-7-8-14(26-6)17(21)16(13)20)22-18(25)24(5)15-9-10-23(4)11-19(15,2)3/h7-8,12,15H,9-11H2,1-6H3,(H,22,25). The number of nitrogens with zero attached hydrogens (tertiary/aromatic N) is 2. The van der Waals surface area contributed by atoms with Crippen molar-refractivity contribution >= 4 is 6.03 Å². The van der Waals surface area contributed by atoms with E-state index >= 15 is 0 Å². The third-order valence-electron chi connectivity index (χ3n) is 5.25. The Morgan fingerprint density at radius 3 is 2.62 bits per heavy atom. The molecule has 1 aliphatic heterocycles. The number of halogens is 2. The van der Waals surface area contributed by atoms with Crippen LogP contribution in [0.25, 0.3) is 0 Å². The molecule has 0 aliphatic carbocycles. The van der Waals surface area contributed by atoms with Crippen LogP contribution in [0.4, 0.5) is 13.6 Å². The van der Waals surface area contributed by atoms with Crippen LogP contribution in [0, 0.1) is 17.0 Å². The summed E-state index contributed by atoms with van der Waals surface area (Å²) in [6.45, 7) is 7.72. The molecule has 26 heavy (non-hydrogen) atoms. The maximum Gasteiger partial charge on any atom is 0.317 e. The summed E-state index contributed by atoms with van der Waals surface area (Å²) >= 11 is 0. The minimum absolute atomic E-state index is 0.0558. The van der Waals surface area contributed by atoms with Crippen LogP contribution in [0.2, 0.25) is 0 Å². The van der Waals surface area contributed by atoms with Crippen LogP contribution in [0.3, 0.4) is 0 Å². The zero-order chi connectivity index (χ0) is 19.6. The molecule has 146 valence electrons. The van der Waals surface area contributed by atoms with Gasteiger partial charge in [0, 0.05) is 25.2 Å². The van der Waals surface area contributed by atoms with Crippen molar-refractivity contribution in [2.45, 2.75) is 39.3 Å². The molecule has 1 fully saturated rings.